The van der Waals surface area contributed by atoms with Gasteiger partial charge >= 0.3 is 0 Å². The third-order valence-electron chi connectivity index (χ3n) is 3.26. The zero-order valence-corrected chi connectivity index (χ0v) is 12.7. The largest absolute Gasteiger partial charge is 0.194 e. The molecule has 0 saturated carbocycles. The van der Waals surface area contributed by atoms with Crippen molar-refractivity contribution in [2.75, 3.05) is 0 Å². The first-order valence-corrected chi connectivity index (χ1v) is 7.25. The van der Waals surface area contributed by atoms with E-state index in [2.05, 4.69) is 50.0 Å². The molecule has 0 heterocycles. The van der Waals surface area contributed by atoms with Gasteiger partial charge in [0, 0.05) is 0 Å². The van der Waals surface area contributed by atoms with Crippen LogP contribution in [-0.2, 0) is 19.3 Å². The number of isothiocyanates is 1. The molecular weight excluding hydrogens is 238 g/mol. The van der Waals surface area contributed by atoms with Gasteiger partial charge in [0.25, 0.3) is 0 Å². The molecule has 0 aliphatic carbocycles. The van der Waals surface area contributed by atoms with Gasteiger partial charge in [-0.05, 0) is 60.5 Å². The van der Waals surface area contributed by atoms with Crippen LogP contribution in [-0.4, -0.2) is 5.16 Å². The Bertz CT molecular complexity index is 417. The fourth-order valence-corrected chi connectivity index (χ4v) is 2.25. The first-order chi connectivity index (χ1) is 8.62. The van der Waals surface area contributed by atoms with Gasteiger partial charge in [0.2, 0.25) is 0 Å². The van der Waals surface area contributed by atoms with Crippen LogP contribution in [0.15, 0.2) is 17.1 Å². The molecule has 0 aromatic heterocycles. The highest BCUT2D eigenvalue weighted by Gasteiger charge is 2.08. The summed E-state index contributed by atoms with van der Waals surface area (Å²) < 4.78 is 0. The molecule has 0 N–H and O–H groups in total. The number of aryl methyl sites for hydroxylation is 3. The van der Waals surface area contributed by atoms with Crippen molar-refractivity contribution in [3.05, 3.63) is 28.8 Å². The topological polar surface area (TPSA) is 12.4 Å². The van der Waals surface area contributed by atoms with E-state index in [1.165, 1.54) is 23.1 Å². The average molecular weight is 261 g/mol. The Hall–Kier alpha value is -0.980. The van der Waals surface area contributed by atoms with E-state index in [-0.39, 0.29) is 0 Å². The predicted molar refractivity (Wildman–Crippen MR) is 83.0 cm³/mol. The molecule has 0 fully saturated rings. The molecular formula is C16H23NS. The number of rotatable bonds is 6. The Balaban J connectivity index is 3.13. The number of thiocarbonyl (C=S) groups is 1. The molecule has 1 rings (SSSR count). The second kappa shape index (κ2) is 7.45. The summed E-state index contributed by atoms with van der Waals surface area (Å²) in [4.78, 5) is 4.25. The molecule has 18 heavy (non-hydrogen) atoms. The lowest BCUT2D eigenvalue weighted by atomic mass is 9.95. The van der Waals surface area contributed by atoms with E-state index < -0.39 is 0 Å². The van der Waals surface area contributed by atoms with E-state index in [0.717, 1.165) is 30.9 Å². The molecule has 0 atom stereocenters. The zero-order chi connectivity index (χ0) is 13.5. The highest BCUT2D eigenvalue weighted by molar-refractivity contribution is 7.78. The molecule has 2 heteroatoms. The third kappa shape index (κ3) is 4.04. The second-order valence-corrected chi connectivity index (χ2v) is 5.29. The summed E-state index contributed by atoms with van der Waals surface area (Å²) in [6, 6.07) is 4.57. The van der Waals surface area contributed by atoms with Gasteiger partial charge in [0.15, 0.2) is 0 Å². The standard InChI is InChI=1S/C16H23NS/c1-5-14-9-13(8-7-12(3)4)10-15(6-2)16(14)17-11-18/h9-10,12H,5-8H2,1-4H3. The molecule has 0 spiro atoms. The Morgan fingerprint density at radius 1 is 1.17 bits per heavy atom. The first kappa shape index (κ1) is 15.1. The van der Waals surface area contributed by atoms with E-state index in [1.807, 2.05) is 0 Å². The molecule has 0 unspecified atom stereocenters. The average Bonchev–Trinajstić information content (AvgIpc) is 2.37. The van der Waals surface area contributed by atoms with Gasteiger partial charge in [-0.15, -0.1) is 0 Å². The van der Waals surface area contributed by atoms with Crippen LogP contribution < -0.4 is 0 Å². The molecule has 0 radical (unpaired) electrons. The smallest absolute Gasteiger partial charge is 0.0803 e. The molecule has 1 nitrogen and oxygen atoms in total. The summed E-state index contributed by atoms with van der Waals surface area (Å²) in [6.07, 6.45) is 4.39. The Labute approximate surface area is 116 Å². The molecule has 1 aromatic rings. The quantitative estimate of drug-likeness (QED) is 0.510. The van der Waals surface area contributed by atoms with Crippen molar-refractivity contribution in [2.24, 2.45) is 10.9 Å². The Morgan fingerprint density at radius 3 is 2.11 bits per heavy atom. The summed E-state index contributed by atoms with van der Waals surface area (Å²) in [7, 11) is 0. The first-order valence-electron chi connectivity index (χ1n) is 6.84. The predicted octanol–water partition coefficient (Wildman–Crippen LogP) is 5.13. The number of hydrogen-bond donors (Lipinski definition) is 0. The molecule has 98 valence electrons. The SMILES string of the molecule is CCc1cc(CCC(C)C)cc(CC)c1N=C=S. The maximum absolute atomic E-state index is 4.75. The van der Waals surface area contributed by atoms with Crippen LogP contribution in [0, 0.1) is 5.92 Å². The third-order valence-corrected chi connectivity index (χ3v) is 3.35. The minimum Gasteiger partial charge on any atom is -0.194 e. The van der Waals surface area contributed by atoms with Crippen LogP contribution in [0.2, 0.25) is 0 Å². The van der Waals surface area contributed by atoms with E-state index in [1.54, 1.807) is 0 Å². The molecule has 1 aromatic carbocycles. The Kier molecular flexibility index (Phi) is 6.24. The lowest BCUT2D eigenvalue weighted by molar-refractivity contribution is 0.586. The minimum absolute atomic E-state index is 0.749. The molecule has 0 saturated heterocycles. The van der Waals surface area contributed by atoms with Gasteiger partial charge in [0.05, 0.1) is 10.8 Å². The highest BCUT2D eigenvalue weighted by Crippen LogP contribution is 2.28. The maximum Gasteiger partial charge on any atom is 0.0803 e. The fourth-order valence-electron chi connectivity index (χ4n) is 2.16. The van der Waals surface area contributed by atoms with Gasteiger partial charge in [-0.3, -0.25) is 0 Å². The van der Waals surface area contributed by atoms with Gasteiger partial charge < -0.3 is 0 Å². The fraction of sp³-hybridized carbons (Fsp3) is 0.562. The summed E-state index contributed by atoms with van der Waals surface area (Å²) in [5.74, 6) is 0.749. The van der Waals surface area contributed by atoms with Gasteiger partial charge in [0.1, 0.15) is 0 Å². The van der Waals surface area contributed by atoms with Crippen molar-refractivity contribution in [2.45, 2.75) is 53.4 Å². The normalized spacial score (nSPS) is 10.5. The van der Waals surface area contributed by atoms with Gasteiger partial charge in [-0.2, -0.15) is 4.99 Å². The maximum atomic E-state index is 4.75. The van der Waals surface area contributed by atoms with Crippen LogP contribution in [0.5, 0.6) is 0 Å². The zero-order valence-electron chi connectivity index (χ0n) is 11.9. The molecule has 0 aliphatic heterocycles. The number of nitrogens with zero attached hydrogens (tertiary/aromatic N) is 1. The molecule has 0 aliphatic rings. The van der Waals surface area contributed by atoms with Crippen molar-refractivity contribution in [1.29, 1.82) is 0 Å². The minimum atomic E-state index is 0.749. The van der Waals surface area contributed by atoms with Crippen molar-refractivity contribution < 1.29 is 0 Å². The number of hydrogen-bond acceptors (Lipinski definition) is 2. The number of benzene rings is 1. The van der Waals surface area contributed by atoms with E-state index in [0.29, 0.717) is 0 Å². The summed E-state index contributed by atoms with van der Waals surface area (Å²) >= 11 is 4.75. The van der Waals surface area contributed by atoms with Crippen molar-refractivity contribution in [1.82, 2.24) is 0 Å². The molecule has 0 bridgehead atoms. The Morgan fingerprint density at radius 2 is 1.72 bits per heavy atom. The lowest BCUT2D eigenvalue weighted by Gasteiger charge is -2.12. The van der Waals surface area contributed by atoms with E-state index >= 15 is 0 Å². The van der Waals surface area contributed by atoms with Crippen molar-refractivity contribution in [3.63, 3.8) is 0 Å². The second-order valence-electron chi connectivity index (χ2n) is 5.11. The van der Waals surface area contributed by atoms with Crippen LogP contribution in [0.25, 0.3) is 0 Å². The van der Waals surface area contributed by atoms with Crippen molar-refractivity contribution >= 4 is 23.1 Å². The highest BCUT2D eigenvalue weighted by atomic mass is 32.1. The van der Waals surface area contributed by atoms with Gasteiger partial charge in [-0.25, -0.2) is 0 Å². The summed E-state index contributed by atoms with van der Waals surface area (Å²) in [6.45, 7) is 8.88. The monoisotopic (exact) mass is 261 g/mol. The number of aliphatic imine (C=N–C) groups is 1. The van der Waals surface area contributed by atoms with Gasteiger partial charge in [-0.1, -0.05) is 39.8 Å². The lowest BCUT2D eigenvalue weighted by Crippen LogP contribution is -1.97. The van der Waals surface area contributed by atoms with Crippen LogP contribution in [0.3, 0.4) is 0 Å². The van der Waals surface area contributed by atoms with Crippen LogP contribution in [0.4, 0.5) is 5.69 Å². The summed E-state index contributed by atoms with van der Waals surface area (Å²) in [5.41, 5.74) is 5.07. The van der Waals surface area contributed by atoms with Crippen LogP contribution in [0.1, 0.15) is 50.8 Å². The van der Waals surface area contributed by atoms with Crippen molar-refractivity contribution in [3.8, 4) is 0 Å². The molecule has 0 amide bonds. The van der Waals surface area contributed by atoms with E-state index in [9.17, 15) is 0 Å². The van der Waals surface area contributed by atoms with E-state index in [4.69, 9.17) is 12.2 Å². The van der Waals surface area contributed by atoms with Crippen LogP contribution >= 0.6 is 12.2 Å². The summed E-state index contributed by atoms with van der Waals surface area (Å²) in [5, 5.41) is 2.51.